The largest absolute Gasteiger partial charge is 0.198 e. The summed E-state index contributed by atoms with van der Waals surface area (Å²) in [5, 5.41) is 9.95. The summed E-state index contributed by atoms with van der Waals surface area (Å²) in [6.45, 7) is 7.03. The van der Waals surface area contributed by atoms with Crippen molar-refractivity contribution in [3.05, 3.63) is 29.8 Å². The Morgan fingerprint density at radius 3 is 2.14 bits per heavy atom. The van der Waals surface area contributed by atoms with Crippen molar-refractivity contribution < 1.29 is 0 Å². The first-order chi connectivity index (χ1) is 6.54. The molecule has 0 aromatic heterocycles. The zero-order valence-corrected chi connectivity index (χ0v) is 10.2. The fourth-order valence-corrected chi connectivity index (χ4v) is 2.54. The van der Waals surface area contributed by atoms with Gasteiger partial charge in [0.15, 0.2) is 0 Å². The number of benzene rings is 1. The van der Waals surface area contributed by atoms with Gasteiger partial charge < -0.3 is 0 Å². The molecule has 0 aliphatic heterocycles. The molecule has 0 radical (unpaired) electrons. The van der Waals surface area contributed by atoms with E-state index < -0.39 is 8.07 Å². The first-order valence-corrected chi connectivity index (χ1v) is 8.50. The van der Waals surface area contributed by atoms with Gasteiger partial charge in [-0.05, 0) is 12.0 Å². The summed E-state index contributed by atoms with van der Waals surface area (Å²) in [7, 11) is -1.15. The highest BCUT2D eigenvalue weighted by atomic mass is 28.3. The molecule has 0 spiro atoms. The van der Waals surface area contributed by atoms with Crippen LogP contribution in [-0.4, -0.2) is 8.07 Å². The van der Waals surface area contributed by atoms with Crippen LogP contribution in [0.5, 0.6) is 0 Å². The summed E-state index contributed by atoms with van der Waals surface area (Å²) in [6, 6.07) is 10.9. The Morgan fingerprint density at radius 2 is 1.71 bits per heavy atom. The fourth-order valence-electron chi connectivity index (χ4n) is 1.37. The first-order valence-electron chi connectivity index (χ1n) is 5.00. The smallest absolute Gasteiger partial charge is 0.0775 e. The minimum Gasteiger partial charge on any atom is -0.198 e. The maximum atomic E-state index is 8.47. The van der Waals surface area contributed by atoms with Gasteiger partial charge >= 0.3 is 0 Å². The molecule has 0 aliphatic rings. The Balaban J connectivity index is 2.75. The van der Waals surface area contributed by atoms with Crippen LogP contribution in [-0.2, 0) is 6.42 Å². The van der Waals surface area contributed by atoms with Crippen LogP contribution in [0.4, 0.5) is 0 Å². The summed E-state index contributed by atoms with van der Waals surface area (Å²) < 4.78 is 0. The molecule has 0 heterocycles. The van der Waals surface area contributed by atoms with Crippen molar-refractivity contribution in [1.82, 2.24) is 0 Å². The van der Waals surface area contributed by atoms with Gasteiger partial charge in [0, 0.05) is 6.42 Å². The Hall–Kier alpha value is -1.07. The van der Waals surface area contributed by atoms with E-state index in [0.29, 0.717) is 6.42 Å². The molecule has 0 unspecified atom stereocenters. The van der Waals surface area contributed by atoms with Gasteiger partial charge in [-0.15, -0.1) is 0 Å². The molecule has 0 saturated carbocycles. The monoisotopic (exact) mass is 203 g/mol. The third-order valence-electron chi connectivity index (χ3n) is 2.35. The van der Waals surface area contributed by atoms with Gasteiger partial charge in [0.25, 0.3) is 0 Å². The molecule has 14 heavy (non-hydrogen) atoms. The van der Waals surface area contributed by atoms with E-state index in [-0.39, 0.29) is 0 Å². The minimum absolute atomic E-state index is 0.617. The maximum absolute atomic E-state index is 8.47. The Kier molecular flexibility index (Phi) is 3.48. The van der Waals surface area contributed by atoms with Crippen LogP contribution in [0, 0.1) is 11.3 Å². The van der Waals surface area contributed by atoms with Crippen molar-refractivity contribution in [2.45, 2.75) is 32.5 Å². The van der Waals surface area contributed by atoms with Gasteiger partial charge in [-0.25, -0.2) is 0 Å². The van der Waals surface area contributed by atoms with Crippen molar-refractivity contribution in [2.75, 3.05) is 0 Å². The number of rotatable bonds is 3. The average molecular weight is 203 g/mol. The van der Waals surface area contributed by atoms with Gasteiger partial charge in [0.05, 0.1) is 14.1 Å². The van der Waals surface area contributed by atoms with Gasteiger partial charge in [-0.3, -0.25) is 0 Å². The van der Waals surface area contributed by atoms with E-state index in [1.807, 2.05) is 0 Å². The van der Waals surface area contributed by atoms with Crippen LogP contribution in [0.1, 0.15) is 12.0 Å². The Labute approximate surface area is 87.4 Å². The molecule has 0 amide bonds. The summed E-state index contributed by atoms with van der Waals surface area (Å²) in [5.41, 5.74) is 1.27. The molecule has 0 atom stereocenters. The summed E-state index contributed by atoms with van der Waals surface area (Å²) in [4.78, 5) is 0. The number of nitriles is 1. The molecule has 0 bridgehead atoms. The Morgan fingerprint density at radius 1 is 1.14 bits per heavy atom. The minimum atomic E-state index is -1.15. The lowest BCUT2D eigenvalue weighted by Gasteiger charge is -2.16. The van der Waals surface area contributed by atoms with Crippen LogP contribution in [0.15, 0.2) is 24.3 Å². The Bertz CT molecular complexity index is 327. The lowest BCUT2D eigenvalue weighted by Crippen LogP contribution is -2.37. The molecule has 0 aliphatic carbocycles. The highest BCUT2D eigenvalue weighted by molar-refractivity contribution is 6.88. The number of hydrogen-bond acceptors (Lipinski definition) is 1. The predicted molar refractivity (Wildman–Crippen MR) is 63.4 cm³/mol. The van der Waals surface area contributed by atoms with Crippen molar-refractivity contribution in [2.24, 2.45) is 0 Å². The van der Waals surface area contributed by atoms with Crippen LogP contribution in [0.2, 0.25) is 19.6 Å². The van der Waals surface area contributed by atoms with Gasteiger partial charge in [-0.1, -0.05) is 49.1 Å². The van der Waals surface area contributed by atoms with Crippen LogP contribution in [0.25, 0.3) is 0 Å². The van der Waals surface area contributed by atoms with Gasteiger partial charge in [-0.2, -0.15) is 5.26 Å². The van der Waals surface area contributed by atoms with Crippen molar-refractivity contribution >= 4 is 13.3 Å². The molecule has 74 valence electrons. The van der Waals surface area contributed by atoms with Crippen molar-refractivity contribution in [1.29, 1.82) is 5.26 Å². The zero-order chi connectivity index (χ0) is 10.6. The molecular weight excluding hydrogens is 186 g/mol. The lowest BCUT2D eigenvalue weighted by molar-refractivity contribution is 1.01. The van der Waals surface area contributed by atoms with Crippen molar-refractivity contribution in [3.63, 3.8) is 0 Å². The second kappa shape index (κ2) is 4.43. The van der Waals surface area contributed by atoms with Crippen LogP contribution in [0.3, 0.4) is 0 Å². The van der Waals surface area contributed by atoms with Gasteiger partial charge in [0.2, 0.25) is 0 Å². The third-order valence-corrected chi connectivity index (χ3v) is 4.41. The number of aryl methyl sites for hydroxylation is 1. The maximum Gasteiger partial charge on any atom is 0.0775 e. The molecule has 1 aromatic rings. The van der Waals surface area contributed by atoms with Crippen LogP contribution >= 0.6 is 0 Å². The highest BCUT2D eigenvalue weighted by Gasteiger charge is 2.15. The third kappa shape index (κ3) is 3.01. The second-order valence-corrected chi connectivity index (χ2v) is 9.68. The fraction of sp³-hybridized carbons (Fsp3) is 0.417. The van der Waals surface area contributed by atoms with Gasteiger partial charge in [0.1, 0.15) is 0 Å². The standard InChI is InChI=1S/C12H17NSi/c1-14(2,3)12-8-6-11(7-9-12)5-4-10-13/h6-9H,4-5H2,1-3H3. The first kappa shape index (κ1) is 11.0. The number of hydrogen-bond donors (Lipinski definition) is 0. The van der Waals surface area contributed by atoms with E-state index in [9.17, 15) is 0 Å². The topological polar surface area (TPSA) is 23.8 Å². The van der Waals surface area contributed by atoms with E-state index in [1.165, 1.54) is 10.8 Å². The molecule has 2 heteroatoms. The average Bonchev–Trinajstić information content (AvgIpc) is 2.14. The van der Waals surface area contributed by atoms with Crippen LogP contribution < -0.4 is 5.19 Å². The zero-order valence-electron chi connectivity index (χ0n) is 9.17. The van der Waals surface area contributed by atoms with E-state index in [4.69, 9.17) is 5.26 Å². The predicted octanol–water partition coefficient (Wildman–Crippen LogP) is 2.69. The molecule has 0 fully saturated rings. The van der Waals surface area contributed by atoms with E-state index in [2.05, 4.69) is 50.0 Å². The molecule has 1 rings (SSSR count). The molecule has 0 saturated heterocycles. The SMILES string of the molecule is C[Si](C)(C)c1ccc(CCC#N)cc1. The quantitative estimate of drug-likeness (QED) is 0.693. The molecular formula is C12H17NSi. The summed E-state index contributed by atoms with van der Waals surface area (Å²) in [6.07, 6.45) is 1.49. The van der Waals surface area contributed by atoms with Crippen molar-refractivity contribution in [3.8, 4) is 6.07 Å². The summed E-state index contributed by atoms with van der Waals surface area (Å²) >= 11 is 0. The van der Waals surface area contributed by atoms with E-state index in [1.54, 1.807) is 0 Å². The normalized spacial score (nSPS) is 11.0. The molecule has 1 aromatic carbocycles. The molecule has 0 N–H and O–H groups in total. The lowest BCUT2D eigenvalue weighted by atomic mass is 10.1. The number of nitrogens with zero attached hydrogens (tertiary/aromatic N) is 1. The van der Waals surface area contributed by atoms with E-state index in [0.717, 1.165) is 6.42 Å². The highest BCUT2D eigenvalue weighted by Crippen LogP contribution is 2.06. The molecule has 1 nitrogen and oxygen atoms in total. The summed E-state index contributed by atoms with van der Waals surface area (Å²) in [5.74, 6) is 0. The second-order valence-electron chi connectivity index (χ2n) is 4.61. The van der Waals surface area contributed by atoms with E-state index >= 15 is 0 Å².